The third-order valence-electron chi connectivity index (χ3n) is 3.97. The average molecular weight is 348 g/mol. The van der Waals surface area contributed by atoms with Gasteiger partial charge in [-0.25, -0.2) is 9.97 Å². The molecule has 0 fully saturated rings. The lowest BCUT2D eigenvalue weighted by Gasteiger charge is -2.07. The van der Waals surface area contributed by atoms with Crippen LogP contribution in [0.25, 0.3) is 33.4 Å². The summed E-state index contributed by atoms with van der Waals surface area (Å²) in [6.07, 6.45) is 1.80. The molecule has 0 radical (unpaired) electrons. The summed E-state index contributed by atoms with van der Waals surface area (Å²) in [4.78, 5) is 13.2. The van der Waals surface area contributed by atoms with Crippen molar-refractivity contribution in [3.8, 4) is 28.3 Å². The van der Waals surface area contributed by atoms with E-state index in [0.29, 0.717) is 0 Å². The van der Waals surface area contributed by atoms with Gasteiger partial charge < -0.3 is 4.74 Å². The van der Waals surface area contributed by atoms with E-state index >= 15 is 0 Å². The number of ether oxygens (including phenoxy) is 1. The van der Waals surface area contributed by atoms with E-state index in [-0.39, 0.29) is 5.28 Å². The van der Waals surface area contributed by atoms with Crippen LogP contribution in [-0.2, 0) is 0 Å². The number of hydrogen-bond acceptors (Lipinski definition) is 4. The molecule has 0 aliphatic carbocycles. The Morgan fingerprint density at radius 1 is 0.840 bits per heavy atom. The second kappa shape index (κ2) is 6.49. The highest BCUT2D eigenvalue weighted by atomic mass is 35.5. The number of pyridine rings is 1. The van der Waals surface area contributed by atoms with E-state index in [4.69, 9.17) is 16.3 Å². The summed E-state index contributed by atoms with van der Waals surface area (Å²) in [6.45, 7) is 0. The first-order valence-electron chi connectivity index (χ1n) is 7.77. The van der Waals surface area contributed by atoms with Gasteiger partial charge in [0.05, 0.1) is 24.0 Å². The fourth-order valence-corrected chi connectivity index (χ4v) is 2.87. The predicted molar refractivity (Wildman–Crippen MR) is 99.8 cm³/mol. The highest BCUT2D eigenvalue weighted by molar-refractivity contribution is 6.28. The average Bonchev–Trinajstić information content (AvgIpc) is 2.67. The largest absolute Gasteiger partial charge is 0.497 e. The Labute approximate surface area is 150 Å². The maximum atomic E-state index is 6.16. The van der Waals surface area contributed by atoms with Crippen molar-refractivity contribution in [3.05, 3.63) is 72.1 Å². The van der Waals surface area contributed by atoms with Crippen LogP contribution < -0.4 is 4.74 Å². The first-order chi connectivity index (χ1) is 12.2. The Kier molecular flexibility index (Phi) is 4.04. The van der Waals surface area contributed by atoms with Crippen LogP contribution in [0.15, 0.2) is 66.9 Å². The molecular weight excluding hydrogens is 334 g/mol. The number of rotatable bonds is 3. The van der Waals surface area contributed by atoms with Crippen LogP contribution in [0.2, 0.25) is 5.28 Å². The second-order valence-electron chi connectivity index (χ2n) is 5.55. The molecule has 0 aliphatic heterocycles. The van der Waals surface area contributed by atoms with E-state index in [0.717, 1.165) is 39.2 Å². The topological polar surface area (TPSA) is 47.9 Å². The van der Waals surface area contributed by atoms with Crippen LogP contribution >= 0.6 is 11.6 Å². The number of halogens is 1. The zero-order chi connectivity index (χ0) is 17.2. The highest BCUT2D eigenvalue weighted by Crippen LogP contribution is 2.27. The molecule has 122 valence electrons. The van der Waals surface area contributed by atoms with Gasteiger partial charge in [-0.2, -0.15) is 0 Å². The Hall–Kier alpha value is -2.98. The molecule has 2 heterocycles. The fourth-order valence-electron chi connectivity index (χ4n) is 2.69. The van der Waals surface area contributed by atoms with Gasteiger partial charge in [-0.05, 0) is 54.1 Å². The van der Waals surface area contributed by atoms with Gasteiger partial charge in [0.25, 0.3) is 0 Å². The van der Waals surface area contributed by atoms with Crippen molar-refractivity contribution >= 4 is 22.5 Å². The quantitative estimate of drug-likeness (QED) is 0.488. The minimum Gasteiger partial charge on any atom is -0.497 e. The van der Waals surface area contributed by atoms with Crippen molar-refractivity contribution in [3.63, 3.8) is 0 Å². The van der Waals surface area contributed by atoms with E-state index in [1.807, 2.05) is 54.6 Å². The Morgan fingerprint density at radius 3 is 2.32 bits per heavy atom. The summed E-state index contributed by atoms with van der Waals surface area (Å²) in [6, 6.07) is 19.6. The Morgan fingerprint density at radius 2 is 1.56 bits per heavy atom. The van der Waals surface area contributed by atoms with E-state index in [1.54, 1.807) is 13.3 Å². The third kappa shape index (κ3) is 3.16. The van der Waals surface area contributed by atoms with Crippen LogP contribution in [0.5, 0.6) is 5.75 Å². The summed E-state index contributed by atoms with van der Waals surface area (Å²) in [5, 5.41) is 1.26. The molecule has 5 heteroatoms. The first-order valence-corrected chi connectivity index (χ1v) is 8.15. The number of fused-ring (bicyclic) bond motifs is 1. The number of hydrogen-bond donors (Lipinski definition) is 0. The SMILES string of the molecule is COc1ccc(-c2cc(-c3cnc4ccccc4c3)nc(Cl)n2)cc1. The van der Waals surface area contributed by atoms with Gasteiger partial charge in [-0.15, -0.1) is 0 Å². The molecule has 0 amide bonds. The molecular formula is C20H14ClN3O. The van der Waals surface area contributed by atoms with Crippen molar-refractivity contribution in [1.29, 1.82) is 0 Å². The molecule has 4 rings (SSSR count). The van der Waals surface area contributed by atoms with Crippen LogP contribution in [-0.4, -0.2) is 22.1 Å². The van der Waals surface area contributed by atoms with Crippen LogP contribution in [0.1, 0.15) is 0 Å². The summed E-state index contributed by atoms with van der Waals surface area (Å²) in [7, 11) is 1.64. The maximum Gasteiger partial charge on any atom is 0.223 e. The van der Waals surface area contributed by atoms with Crippen LogP contribution in [0, 0.1) is 0 Å². The first kappa shape index (κ1) is 15.5. The second-order valence-corrected chi connectivity index (χ2v) is 5.89. The number of methoxy groups -OCH3 is 1. The smallest absolute Gasteiger partial charge is 0.223 e. The van der Waals surface area contributed by atoms with Gasteiger partial charge in [0, 0.05) is 22.7 Å². The molecule has 2 aromatic heterocycles. The molecule has 0 saturated carbocycles. The highest BCUT2D eigenvalue weighted by Gasteiger charge is 2.09. The zero-order valence-corrected chi connectivity index (χ0v) is 14.2. The number of benzene rings is 2. The lowest BCUT2D eigenvalue weighted by molar-refractivity contribution is 0.415. The van der Waals surface area contributed by atoms with E-state index in [9.17, 15) is 0 Å². The van der Waals surface area contributed by atoms with Gasteiger partial charge in [-0.3, -0.25) is 4.98 Å². The van der Waals surface area contributed by atoms with E-state index in [1.165, 1.54) is 0 Å². The molecule has 4 nitrogen and oxygen atoms in total. The monoisotopic (exact) mass is 347 g/mol. The van der Waals surface area contributed by atoms with Gasteiger partial charge >= 0.3 is 0 Å². The van der Waals surface area contributed by atoms with Gasteiger partial charge in [0.2, 0.25) is 5.28 Å². The lowest BCUT2D eigenvalue weighted by atomic mass is 10.1. The van der Waals surface area contributed by atoms with Gasteiger partial charge in [-0.1, -0.05) is 18.2 Å². The molecule has 0 unspecified atom stereocenters. The number of aromatic nitrogens is 3. The predicted octanol–water partition coefficient (Wildman–Crippen LogP) is 5.02. The van der Waals surface area contributed by atoms with Gasteiger partial charge in [0.1, 0.15) is 5.75 Å². The van der Waals surface area contributed by atoms with Crippen LogP contribution in [0.3, 0.4) is 0 Å². The molecule has 0 saturated heterocycles. The van der Waals surface area contributed by atoms with Crippen molar-refractivity contribution < 1.29 is 4.74 Å². The van der Waals surface area contributed by atoms with E-state index < -0.39 is 0 Å². The summed E-state index contributed by atoms with van der Waals surface area (Å²) in [5.74, 6) is 0.794. The van der Waals surface area contributed by atoms with Crippen molar-refractivity contribution in [2.24, 2.45) is 0 Å². The van der Waals surface area contributed by atoms with Crippen LogP contribution in [0.4, 0.5) is 0 Å². The molecule has 0 aliphatic rings. The standard InChI is InChI=1S/C20H14ClN3O/c1-25-16-8-6-13(7-9-16)18-11-19(24-20(21)23-18)15-10-14-4-2-3-5-17(14)22-12-15/h2-12H,1H3. The molecule has 0 bridgehead atoms. The zero-order valence-electron chi connectivity index (χ0n) is 13.5. The number of nitrogens with zero attached hydrogens (tertiary/aromatic N) is 3. The van der Waals surface area contributed by atoms with Crippen molar-refractivity contribution in [2.75, 3.05) is 7.11 Å². The van der Waals surface area contributed by atoms with Gasteiger partial charge in [0.15, 0.2) is 0 Å². The summed E-state index contributed by atoms with van der Waals surface area (Å²) >= 11 is 6.16. The molecule has 2 aromatic carbocycles. The molecule has 0 N–H and O–H groups in total. The number of para-hydroxylation sites is 1. The van der Waals surface area contributed by atoms with E-state index in [2.05, 4.69) is 21.0 Å². The molecule has 25 heavy (non-hydrogen) atoms. The minimum absolute atomic E-state index is 0.205. The molecule has 0 spiro atoms. The summed E-state index contributed by atoms with van der Waals surface area (Å²) < 4.78 is 5.20. The minimum atomic E-state index is 0.205. The Balaban J connectivity index is 1.80. The maximum absolute atomic E-state index is 6.16. The van der Waals surface area contributed by atoms with Crippen molar-refractivity contribution in [1.82, 2.24) is 15.0 Å². The summed E-state index contributed by atoms with van der Waals surface area (Å²) in [5.41, 5.74) is 4.29. The lowest BCUT2D eigenvalue weighted by Crippen LogP contribution is -1.93. The Bertz CT molecular complexity index is 1050. The van der Waals surface area contributed by atoms with Crippen molar-refractivity contribution in [2.45, 2.75) is 0 Å². The fraction of sp³-hybridized carbons (Fsp3) is 0.0500. The molecule has 0 atom stereocenters. The normalized spacial score (nSPS) is 10.8. The third-order valence-corrected chi connectivity index (χ3v) is 4.14. The molecule has 4 aromatic rings.